The Morgan fingerprint density at radius 1 is 1.20 bits per heavy atom. The van der Waals surface area contributed by atoms with E-state index in [9.17, 15) is 9.59 Å². The number of hydrogen-bond acceptors (Lipinski definition) is 3. The molecule has 6 nitrogen and oxygen atoms in total. The summed E-state index contributed by atoms with van der Waals surface area (Å²) < 4.78 is 5.23. The molecular weight excluding hydrogens is 378 g/mol. The summed E-state index contributed by atoms with van der Waals surface area (Å²) in [5.41, 5.74) is 2.97. The van der Waals surface area contributed by atoms with Crippen molar-refractivity contribution in [1.29, 1.82) is 0 Å². The Balaban J connectivity index is 1.79. The molecule has 0 aliphatic carbocycles. The summed E-state index contributed by atoms with van der Waals surface area (Å²) in [6, 6.07) is 15.3. The van der Waals surface area contributed by atoms with Crippen molar-refractivity contribution in [3.63, 3.8) is 0 Å². The Bertz CT molecular complexity index is 912. The van der Waals surface area contributed by atoms with E-state index in [1.807, 2.05) is 37.3 Å². The molecule has 158 valence electrons. The lowest BCUT2D eigenvalue weighted by Crippen LogP contribution is -2.49. The van der Waals surface area contributed by atoms with Gasteiger partial charge in [0, 0.05) is 37.3 Å². The van der Waals surface area contributed by atoms with E-state index in [4.69, 9.17) is 4.74 Å². The van der Waals surface area contributed by atoms with Gasteiger partial charge in [0.05, 0.1) is 13.0 Å². The van der Waals surface area contributed by atoms with Crippen LogP contribution < -0.4 is 15.4 Å². The molecule has 1 fully saturated rings. The zero-order valence-corrected chi connectivity index (χ0v) is 17.6. The molecule has 0 radical (unpaired) electrons. The Hall–Kier alpha value is -3.28. The molecule has 0 spiro atoms. The summed E-state index contributed by atoms with van der Waals surface area (Å²) in [5, 5.41) is 5.81. The molecule has 1 aliphatic rings. The number of nitrogens with zero attached hydrogens (tertiary/aromatic N) is 1. The van der Waals surface area contributed by atoms with Crippen LogP contribution in [0.25, 0.3) is 0 Å². The quantitative estimate of drug-likeness (QED) is 0.713. The molecule has 0 aromatic heterocycles. The molecule has 30 heavy (non-hydrogen) atoms. The number of urea groups is 1. The number of amides is 3. The van der Waals surface area contributed by atoms with Crippen LogP contribution in [0.15, 0.2) is 61.2 Å². The van der Waals surface area contributed by atoms with Crippen molar-refractivity contribution in [1.82, 2.24) is 10.2 Å². The first-order valence-corrected chi connectivity index (χ1v) is 10.1. The van der Waals surface area contributed by atoms with Crippen molar-refractivity contribution in [2.24, 2.45) is 5.92 Å². The highest BCUT2D eigenvalue weighted by atomic mass is 16.5. The van der Waals surface area contributed by atoms with Gasteiger partial charge >= 0.3 is 6.03 Å². The highest BCUT2D eigenvalue weighted by Gasteiger charge is 2.34. The van der Waals surface area contributed by atoms with E-state index in [-0.39, 0.29) is 23.8 Å². The minimum atomic E-state index is -0.278. The second-order valence-corrected chi connectivity index (χ2v) is 7.64. The number of rotatable bonds is 6. The molecule has 1 heterocycles. The topological polar surface area (TPSA) is 70.7 Å². The predicted octanol–water partition coefficient (Wildman–Crippen LogP) is 3.94. The maximum atomic E-state index is 13.0. The summed E-state index contributed by atoms with van der Waals surface area (Å²) in [6.45, 7) is 7.06. The largest absolute Gasteiger partial charge is 0.497 e. The number of methoxy groups -OCH3 is 1. The predicted molar refractivity (Wildman–Crippen MR) is 119 cm³/mol. The molecule has 3 rings (SSSR count). The van der Waals surface area contributed by atoms with Crippen LogP contribution in [-0.4, -0.2) is 43.6 Å². The zero-order chi connectivity index (χ0) is 21.5. The highest BCUT2D eigenvalue weighted by molar-refractivity contribution is 5.90. The lowest BCUT2D eigenvalue weighted by Gasteiger charge is -2.37. The number of ether oxygens (including phenoxy) is 1. The van der Waals surface area contributed by atoms with Gasteiger partial charge in [0.1, 0.15) is 5.75 Å². The van der Waals surface area contributed by atoms with E-state index in [0.29, 0.717) is 37.5 Å². The standard InChI is InChI=1S/C24H29N3O3/c1-4-11-25-23(28)20-13-19(18-8-5-7-17(2)12-18)15-27(16-20)24(29)26-21-9-6-10-22(14-21)30-3/h4-10,12,14,19-20H,1,11,13,15-16H2,2-3H3,(H,25,28)(H,26,29)/t19-,20+/m1/s1. The normalized spacial score (nSPS) is 18.4. The van der Waals surface area contributed by atoms with Crippen molar-refractivity contribution in [3.8, 4) is 5.75 Å². The molecule has 0 bridgehead atoms. The average molecular weight is 408 g/mol. The Labute approximate surface area is 177 Å². The van der Waals surface area contributed by atoms with Crippen LogP contribution in [0.1, 0.15) is 23.5 Å². The highest BCUT2D eigenvalue weighted by Crippen LogP contribution is 2.31. The first-order valence-electron chi connectivity index (χ1n) is 10.1. The van der Waals surface area contributed by atoms with Crippen LogP contribution >= 0.6 is 0 Å². The minimum Gasteiger partial charge on any atom is -0.497 e. The summed E-state index contributed by atoms with van der Waals surface area (Å²) in [5.74, 6) is 0.437. The van der Waals surface area contributed by atoms with Gasteiger partial charge in [0.15, 0.2) is 0 Å². The molecule has 1 saturated heterocycles. The third-order valence-corrected chi connectivity index (χ3v) is 5.36. The number of anilines is 1. The number of benzene rings is 2. The molecule has 6 heteroatoms. The van der Waals surface area contributed by atoms with Gasteiger partial charge in [-0.05, 0) is 31.0 Å². The summed E-state index contributed by atoms with van der Waals surface area (Å²) in [6.07, 6.45) is 2.36. The fraction of sp³-hybridized carbons (Fsp3) is 0.333. The number of carbonyl (C=O) groups excluding carboxylic acids is 2. The average Bonchev–Trinajstić information content (AvgIpc) is 2.77. The molecule has 2 N–H and O–H groups in total. The van der Waals surface area contributed by atoms with Gasteiger partial charge in [-0.15, -0.1) is 6.58 Å². The lowest BCUT2D eigenvalue weighted by atomic mass is 9.83. The van der Waals surface area contributed by atoms with Gasteiger partial charge in [-0.3, -0.25) is 4.79 Å². The van der Waals surface area contributed by atoms with Crippen LogP contribution in [0.4, 0.5) is 10.5 Å². The van der Waals surface area contributed by atoms with Crippen LogP contribution in [0.3, 0.4) is 0 Å². The fourth-order valence-electron chi connectivity index (χ4n) is 3.84. The van der Waals surface area contributed by atoms with Crippen molar-refractivity contribution in [2.45, 2.75) is 19.3 Å². The van der Waals surface area contributed by atoms with Crippen LogP contribution in [0.5, 0.6) is 5.75 Å². The maximum Gasteiger partial charge on any atom is 0.321 e. The number of piperidine rings is 1. The first-order chi connectivity index (χ1) is 14.5. The molecular formula is C24H29N3O3. The molecule has 2 aromatic rings. The smallest absolute Gasteiger partial charge is 0.321 e. The number of nitrogens with one attached hydrogen (secondary N) is 2. The fourth-order valence-corrected chi connectivity index (χ4v) is 3.84. The number of aryl methyl sites for hydroxylation is 1. The van der Waals surface area contributed by atoms with Crippen molar-refractivity contribution in [2.75, 3.05) is 32.1 Å². The van der Waals surface area contributed by atoms with E-state index in [2.05, 4.69) is 29.3 Å². The van der Waals surface area contributed by atoms with Gasteiger partial charge < -0.3 is 20.3 Å². The number of hydrogen-bond donors (Lipinski definition) is 2. The zero-order valence-electron chi connectivity index (χ0n) is 17.6. The lowest BCUT2D eigenvalue weighted by molar-refractivity contribution is -0.126. The monoisotopic (exact) mass is 407 g/mol. The van der Waals surface area contributed by atoms with E-state index in [1.165, 1.54) is 0 Å². The summed E-state index contributed by atoms with van der Waals surface area (Å²) in [4.78, 5) is 27.4. The summed E-state index contributed by atoms with van der Waals surface area (Å²) >= 11 is 0. The van der Waals surface area contributed by atoms with Crippen LogP contribution in [-0.2, 0) is 4.79 Å². The van der Waals surface area contributed by atoms with Crippen LogP contribution in [0, 0.1) is 12.8 Å². The number of carbonyl (C=O) groups is 2. The molecule has 1 aliphatic heterocycles. The van der Waals surface area contributed by atoms with Crippen molar-refractivity contribution >= 4 is 17.6 Å². The minimum absolute atomic E-state index is 0.0496. The van der Waals surface area contributed by atoms with Gasteiger partial charge in [0.2, 0.25) is 5.91 Å². The van der Waals surface area contributed by atoms with E-state index in [1.54, 1.807) is 24.2 Å². The number of likely N-dealkylation sites (tertiary alicyclic amines) is 1. The van der Waals surface area contributed by atoms with Crippen molar-refractivity contribution < 1.29 is 14.3 Å². The van der Waals surface area contributed by atoms with E-state index >= 15 is 0 Å². The second-order valence-electron chi connectivity index (χ2n) is 7.64. The van der Waals surface area contributed by atoms with Gasteiger partial charge in [-0.25, -0.2) is 4.79 Å². The van der Waals surface area contributed by atoms with E-state index < -0.39 is 0 Å². The van der Waals surface area contributed by atoms with E-state index in [0.717, 1.165) is 11.1 Å². The van der Waals surface area contributed by atoms with Crippen molar-refractivity contribution in [3.05, 3.63) is 72.3 Å². The molecule has 2 atom stereocenters. The Morgan fingerprint density at radius 2 is 2.00 bits per heavy atom. The Morgan fingerprint density at radius 3 is 2.73 bits per heavy atom. The second kappa shape index (κ2) is 9.96. The third kappa shape index (κ3) is 5.41. The first kappa shape index (κ1) is 21.4. The molecule has 0 unspecified atom stereocenters. The third-order valence-electron chi connectivity index (χ3n) is 5.36. The van der Waals surface area contributed by atoms with Gasteiger partial charge in [-0.2, -0.15) is 0 Å². The molecule has 2 aromatic carbocycles. The molecule has 0 saturated carbocycles. The van der Waals surface area contributed by atoms with Crippen LogP contribution in [0.2, 0.25) is 0 Å². The summed E-state index contributed by atoms with van der Waals surface area (Å²) in [7, 11) is 1.59. The SMILES string of the molecule is C=CCNC(=O)[C@H]1C[C@@H](c2cccc(C)c2)CN(C(=O)Nc2cccc(OC)c2)C1. The van der Waals surface area contributed by atoms with Gasteiger partial charge in [0.25, 0.3) is 0 Å². The maximum absolute atomic E-state index is 13.0. The molecule has 3 amide bonds. The Kier molecular flexibility index (Phi) is 7.12. The van der Waals surface area contributed by atoms with Gasteiger partial charge in [-0.1, -0.05) is 42.0 Å².